The van der Waals surface area contributed by atoms with Gasteiger partial charge in [0.1, 0.15) is 0 Å². The van der Waals surface area contributed by atoms with Crippen molar-refractivity contribution in [3.63, 3.8) is 0 Å². The molecule has 0 aliphatic carbocycles. The molecule has 1 aromatic carbocycles. The van der Waals surface area contributed by atoms with Gasteiger partial charge in [-0.15, -0.1) is 0 Å². The smallest absolute Gasteiger partial charge is 0.0720 e. The molecule has 0 spiro atoms. The molecule has 0 bridgehead atoms. The summed E-state index contributed by atoms with van der Waals surface area (Å²) in [6.45, 7) is -0.447. The summed E-state index contributed by atoms with van der Waals surface area (Å²) in [5, 5.41) is 28.0. The number of hydrogen-bond donors (Lipinski definition) is 5. The van der Waals surface area contributed by atoms with Gasteiger partial charge in [0.2, 0.25) is 0 Å². The quantitative estimate of drug-likeness (QED) is 0.435. The zero-order valence-corrected chi connectivity index (χ0v) is 10.3. The van der Waals surface area contributed by atoms with Crippen LogP contribution in [0.15, 0.2) is 30.3 Å². The number of hydrogen-bond acceptors (Lipinski definition) is 5. The van der Waals surface area contributed by atoms with Crippen LogP contribution in [0.4, 0.5) is 0 Å². The molecule has 0 fully saturated rings. The third kappa shape index (κ3) is 4.04. The zero-order valence-electron chi connectivity index (χ0n) is 10.3. The van der Waals surface area contributed by atoms with Gasteiger partial charge in [0.25, 0.3) is 0 Å². The first kappa shape index (κ1) is 15.1. The van der Waals surface area contributed by atoms with E-state index >= 15 is 0 Å². The lowest BCUT2D eigenvalue weighted by atomic mass is 9.86. The predicted molar refractivity (Wildman–Crippen MR) is 69.9 cm³/mol. The highest BCUT2D eigenvalue weighted by molar-refractivity contribution is 5.21. The molecule has 0 saturated heterocycles. The predicted octanol–water partition coefficient (Wildman–Crippen LogP) is -0.840. The van der Waals surface area contributed by atoms with Crippen molar-refractivity contribution in [2.75, 3.05) is 13.2 Å². The van der Waals surface area contributed by atoms with Crippen molar-refractivity contribution >= 4 is 0 Å². The van der Waals surface area contributed by atoms with Crippen LogP contribution in [0.5, 0.6) is 0 Å². The van der Waals surface area contributed by atoms with E-state index in [-0.39, 0.29) is 19.1 Å². The summed E-state index contributed by atoms with van der Waals surface area (Å²) in [5.41, 5.74) is 12.4. The summed E-state index contributed by atoms with van der Waals surface area (Å²) in [7, 11) is 0. The van der Waals surface area contributed by atoms with Gasteiger partial charge in [0, 0.05) is 12.0 Å². The Bertz CT molecular complexity index is 334. The summed E-state index contributed by atoms with van der Waals surface area (Å²) < 4.78 is 0. The second kappa shape index (κ2) is 7.45. The van der Waals surface area contributed by atoms with Gasteiger partial charge in [0.05, 0.1) is 25.4 Å². The molecule has 4 unspecified atom stereocenters. The molecular weight excluding hydrogens is 232 g/mol. The SMILES string of the molecule is NC(CO)C(O)CC(c1ccccc1)C(N)CO. The molecule has 0 aliphatic rings. The molecule has 0 aliphatic heterocycles. The standard InChI is InChI=1S/C13H22N2O3/c14-11(7-16)10(6-13(18)12(15)8-17)9-4-2-1-3-5-9/h1-5,10-13,16-18H,6-8,14-15H2. The van der Waals surface area contributed by atoms with Gasteiger partial charge in [-0.25, -0.2) is 0 Å². The van der Waals surface area contributed by atoms with Gasteiger partial charge >= 0.3 is 0 Å². The molecule has 18 heavy (non-hydrogen) atoms. The van der Waals surface area contributed by atoms with Crippen molar-refractivity contribution < 1.29 is 15.3 Å². The molecule has 1 aromatic rings. The van der Waals surface area contributed by atoms with Crippen LogP contribution in [0.3, 0.4) is 0 Å². The Morgan fingerprint density at radius 2 is 1.50 bits per heavy atom. The molecule has 7 N–H and O–H groups in total. The Balaban J connectivity index is 2.80. The monoisotopic (exact) mass is 254 g/mol. The Morgan fingerprint density at radius 1 is 0.944 bits per heavy atom. The first-order chi connectivity index (χ1) is 8.60. The number of aliphatic hydroxyl groups is 3. The van der Waals surface area contributed by atoms with Crippen molar-refractivity contribution in [2.24, 2.45) is 11.5 Å². The van der Waals surface area contributed by atoms with Crippen LogP contribution < -0.4 is 11.5 Å². The maximum Gasteiger partial charge on any atom is 0.0720 e. The van der Waals surface area contributed by atoms with Crippen molar-refractivity contribution in [3.8, 4) is 0 Å². The van der Waals surface area contributed by atoms with E-state index in [0.717, 1.165) is 5.56 Å². The van der Waals surface area contributed by atoms with Crippen LogP contribution in [0.2, 0.25) is 0 Å². The molecule has 102 valence electrons. The second-order valence-electron chi connectivity index (χ2n) is 4.51. The lowest BCUT2D eigenvalue weighted by Crippen LogP contribution is -2.42. The van der Waals surface area contributed by atoms with E-state index < -0.39 is 18.2 Å². The topological polar surface area (TPSA) is 113 Å². The molecule has 4 atom stereocenters. The summed E-state index contributed by atoms with van der Waals surface area (Å²) in [5.74, 6) is -0.191. The fourth-order valence-electron chi connectivity index (χ4n) is 1.94. The molecule has 0 amide bonds. The number of benzene rings is 1. The van der Waals surface area contributed by atoms with Crippen molar-refractivity contribution in [2.45, 2.75) is 30.5 Å². The van der Waals surface area contributed by atoms with Crippen LogP contribution in [0.1, 0.15) is 17.9 Å². The minimum atomic E-state index is -0.849. The number of nitrogens with two attached hydrogens (primary N) is 2. The molecular formula is C13H22N2O3. The molecule has 5 nitrogen and oxygen atoms in total. The van der Waals surface area contributed by atoms with E-state index in [0.29, 0.717) is 6.42 Å². The maximum atomic E-state index is 9.87. The van der Waals surface area contributed by atoms with E-state index in [9.17, 15) is 10.2 Å². The van der Waals surface area contributed by atoms with Crippen LogP contribution in [0, 0.1) is 0 Å². The van der Waals surface area contributed by atoms with Crippen molar-refractivity contribution in [1.29, 1.82) is 0 Å². The molecule has 0 heterocycles. The minimum absolute atomic E-state index is 0.166. The molecule has 1 rings (SSSR count). The second-order valence-corrected chi connectivity index (χ2v) is 4.51. The summed E-state index contributed by atoms with van der Waals surface area (Å²) in [6, 6.07) is 8.29. The zero-order chi connectivity index (χ0) is 13.5. The van der Waals surface area contributed by atoms with Gasteiger partial charge in [0.15, 0.2) is 0 Å². The van der Waals surface area contributed by atoms with Gasteiger partial charge in [-0.05, 0) is 12.0 Å². The Kier molecular flexibility index (Phi) is 6.24. The average Bonchev–Trinajstić information content (AvgIpc) is 2.43. The highest BCUT2D eigenvalue weighted by atomic mass is 16.3. The number of rotatable bonds is 7. The van der Waals surface area contributed by atoms with Crippen LogP contribution in [0.25, 0.3) is 0 Å². The molecule has 0 aromatic heterocycles. The summed E-state index contributed by atoms with van der Waals surface area (Å²) >= 11 is 0. The van der Waals surface area contributed by atoms with Crippen molar-refractivity contribution in [3.05, 3.63) is 35.9 Å². The largest absolute Gasteiger partial charge is 0.395 e. The number of aliphatic hydroxyl groups excluding tert-OH is 3. The maximum absolute atomic E-state index is 9.87. The lowest BCUT2D eigenvalue weighted by molar-refractivity contribution is 0.0889. The summed E-state index contributed by atoms with van der Waals surface area (Å²) in [6.07, 6.45) is -0.536. The first-order valence-electron chi connectivity index (χ1n) is 6.06. The van der Waals surface area contributed by atoms with E-state index in [1.165, 1.54) is 0 Å². The van der Waals surface area contributed by atoms with Gasteiger partial charge in [-0.3, -0.25) is 0 Å². The highest BCUT2D eigenvalue weighted by Crippen LogP contribution is 2.24. The van der Waals surface area contributed by atoms with Crippen LogP contribution in [-0.2, 0) is 0 Å². The summed E-state index contributed by atoms with van der Waals surface area (Å²) in [4.78, 5) is 0. The fourth-order valence-corrected chi connectivity index (χ4v) is 1.94. The van der Waals surface area contributed by atoms with Gasteiger partial charge in [-0.2, -0.15) is 0 Å². The third-order valence-electron chi connectivity index (χ3n) is 3.16. The Labute approximate surface area is 107 Å². The van der Waals surface area contributed by atoms with E-state index in [1.807, 2.05) is 30.3 Å². The normalized spacial score (nSPS) is 18.1. The van der Waals surface area contributed by atoms with Crippen molar-refractivity contribution in [1.82, 2.24) is 0 Å². The minimum Gasteiger partial charge on any atom is -0.395 e. The molecule has 0 radical (unpaired) electrons. The average molecular weight is 254 g/mol. The van der Waals surface area contributed by atoms with Crippen LogP contribution >= 0.6 is 0 Å². The Hall–Kier alpha value is -0.980. The van der Waals surface area contributed by atoms with Gasteiger partial charge in [-0.1, -0.05) is 30.3 Å². The van der Waals surface area contributed by atoms with Gasteiger partial charge < -0.3 is 26.8 Å². The fraction of sp³-hybridized carbons (Fsp3) is 0.538. The van der Waals surface area contributed by atoms with Crippen LogP contribution in [-0.4, -0.2) is 46.7 Å². The lowest BCUT2D eigenvalue weighted by Gasteiger charge is -2.27. The van der Waals surface area contributed by atoms with E-state index in [4.69, 9.17) is 16.6 Å². The Morgan fingerprint density at radius 3 is 2.00 bits per heavy atom. The highest BCUT2D eigenvalue weighted by Gasteiger charge is 2.25. The van der Waals surface area contributed by atoms with E-state index in [2.05, 4.69) is 0 Å². The third-order valence-corrected chi connectivity index (χ3v) is 3.16. The first-order valence-corrected chi connectivity index (χ1v) is 6.06. The van der Waals surface area contributed by atoms with E-state index in [1.54, 1.807) is 0 Å². The molecule has 0 saturated carbocycles. The molecule has 5 heteroatoms.